The van der Waals surface area contributed by atoms with E-state index in [1.807, 2.05) is 13.0 Å². The third-order valence-electron chi connectivity index (χ3n) is 3.68. The lowest BCUT2D eigenvalue weighted by atomic mass is 9.85. The fourth-order valence-electron chi connectivity index (χ4n) is 2.08. The number of amides is 2. The van der Waals surface area contributed by atoms with Crippen LogP contribution >= 0.6 is 15.9 Å². The van der Waals surface area contributed by atoms with Gasteiger partial charge in [0, 0.05) is 10.2 Å². The highest BCUT2D eigenvalue weighted by atomic mass is 79.9. The molecular formula is C14H17BrN2O4. The van der Waals surface area contributed by atoms with E-state index in [0.717, 1.165) is 10.0 Å². The molecule has 0 spiro atoms. The monoisotopic (exact) mass is 356 g/mol. The van der Waals surface area contributed by atoms with E-state index in [9.17, 15) is 14.7 Å². The number of aliphatic carboxylic acids is 1. The number of carbonyl (C=O) groups is 2. The lowest BCUT2D eigenvalue weighted by molar-refractivity contribution is -0.148. The van der Waals surface area contributed by atoms with Crippen LogP contribution in [0.5, 0.6) is 0 Å². The van der Waals surface area contributed by atoms with E-state index < -0.39 is 23.5 Å². The smallest absolute Gasteiger partial charge is 0.319 e. The summed E-state index contributed by atoms with van der Waals surface area (Å²) >= 11 is 3.39. The SMILES string of the molecule is Cc1ccc(NC(=O)NC2COCC2(C)C(=O)O)cc1Br. The number of urea groups is 1. The number of carboxylic acid groups (broad SMARTS) is 1. The zero-order valence-electron chi connectivity index (χ0n) is 11.8. The van der Waals surface area contributed by atoms with E-state index in [2.05, 4.69) is 26.6 Å². The summed E-state index contributed by atoms with van der Waals surface area (Å²) in [6.45, 7) is 3.79. The molecule has 2 rings (SSSR count). The molecule has 21 heavy (non-hydrogen) atoms. The number of halogens is 1. The number of carbonyl (C=O) groups excluding carboxylic acids is 1. The van der Waals surface area contributed by atoms with E-state index in [4.69, 9.17) is 4.74 Å². The Kier molecular flexibility index (Phi) is 4.53. The molecule has 0 saturated carbocycles. The molecule has 0 aliphatic carbocycles. The van der Waals surface area contributed by atoms with Crippen molar-refractivity contribution in [1.82, 2.24) is 5.32 Å². The molecule has 1 aromatic rings. The Morgan fingerprint density at radius 2 is 2.19 bits per heavy atom. The summed E-state index contributed by atoms with van der Waals surface area (Å²) in [5.74, 6) is -0.983. The van der Waals surface area contributed by atoms with Crippen molar-refractivity contribution in [3.8, 4) is 0 Å². The van der Waals surface area contributed by atoms with Crippen molar-refractivity contribution in [2.45, 2.75) is 19.9 Å². The van der Waals surface area contributed by atoms with Gasteiger partial charge in [0.15, 0.2) is 0 Å². The Hall–Kier alpha value is -1.60. The van der Waals surface area contributed by atoms with Gasteiger partial charge in [-0.1, -0.05) is 22.0 Å². The predicted octanol–water partition coefficient (Wildman–Crippen LogP) is 2.37. The van der Waals surface area contributed by atoms with E-state index in [0.29, 0.717) is 5.69 Å². The molecule has 3 N–H and O–H groups in total. The normalized spacial score (nSPS) is 24.6. The zero-order valence-corrected chi connectivity index (χ0v) is 13.4. The summed E-state index contributed by atoms with van der Waals surface area (Å²) in [4.78, 5) is 23.3. The lowest BCUT2D eigenvalue weighted by Crippen LogP contribution is -2.50. The van der Waals surface area contributed by atoms with Crippen molar-refractivity contribution in [1.29, 1.82) is 0 Å². The molecule has 1 aromatic carbocycles. The first-order valence-corrected chi connectivity index (χ1v) is 7.27. The quantitative estimate of drug-likeness (QED) is 0.775. The number of hydrogen-bond acceptors (Lipinski definition) is 3. The van der Waals surface area contributed by atoms with Crippen molar-refractivity contribution >= 4 is 33.6 Å². The van der Waals surface area contributed by atoms with Gasteiger partial charge < -0.3 is 20.5 Å². The molecule has 0 radical (unpaired) electrons. The molecule has 1 aliphatic heterocycles. The van der Waals surface area contributed by atoms with Crippen molar-refractivity contribution in [2.24, 2.45) is 5.41 Å². The maximum atomic E-state index is 12.0. The minimum Gasteiger partial charge on any atom is -0.481 e. The summed E-state index contributed by atoms with van der Waals surface area (Å²) in [6.07, 6.45) is 0. The molecule has 2 atom stereocenters. The summed E-state index contributed by atoms with van der Waals surface area (Å²) in [5.41, 5.74) is 0.579. The zero-order chi connectivity index (χ0) is 15.6. The van der Waals surface area contributed by atoms with Crippen LogP contribution in [0.25, 0.3) is 0 Å². The number of ether oxygens (including phenoxy) is 1. The topological polar surface area (TPSA) is 87.7 Å². The first-order valence-electron chi connectivity index (χ1n) is 6.48. The summed E-state index contributed by atoms with van der Waals surface area (Å²) in [6, 6.07) is 4.43. The molecule has 7 heteroatoms. The summed E-state index contributed by atoms with van der Waals surface area (Å²) in [5, 5.41) is 14.6. The molecule has 1 saturated heterocycles. The summed E-state index contributed by atoms with van der Waals surface area (Å²) in [7, 11) is 0. The molecular weight excluding hydrogens is 340 g/mol. The average Bonchev–Trinajstić information content (AvgIpc) is 2.77. The second kappa shape index (κ2) is 6.03. The minimum absolute atomic E-state index is 0.0867. The van der Waals surface area contributed by atoms with Crippen LogP contribution in [0.1, 0.15) is 12.5 Å². The van der Waals surface area contributed by atoms with Gasteiger partial charge in [0.2, 0.25) is 0 Å². The Morgan fingerprint density at radius 3 is 2.81 bits per heavy atom. The van der Waals surface area contributed by atoms with Gasteiger partial charge in [0.05, 0.1) is 19.3 Å². The van der Waals surface area contributed by atoms with E-state index >= 15 is 0 Å². The molecule has 0 bridgehead atoms. The van der Waals surface area contributed by atoms with Crippen LogP contribution in [0.4, 0.5) is 10.5 Å². The maximum absolute atomic E-state index is 12.0. The van der Waals surface area contributed by atoms with E-state index in [-0.39, 0.29) is 13.2 Å². The standard InChI is InChI=1S/C14H17BrN2O4/c1-8-3-4-9(5-10(8)15)16-13(20)17-11-6-21-7-14(11,2)12(18)19/h3-5,11H,6-7H2,1-2H3,(H,18,19)(H2,16,17,20). The third kappa shape index (κ3) is 3.36. The second-order valence-electron chi connectivity index (χ2n) is 5.35. The van der Waals surface area contributed by atoms with E-state index in [1.54, 1.807) is 19.1 Å². The number of rotatable bonds is 3. The molecule has 2 amide bonds. The fourth-order valence-corrected chi connectivity index (χ4v) is 2.46. The van der Waals surface area contributed by atoms with Gasteiger partial charge in [-0.25, -0.2) is 4.79 Å². The van der Waals surface area contributed by atoms with Gasteiger partial charge in [-0.2, -0.15) is 0 Å². The lowest BCUT2D eigenvalue weighted by Gasteiger charge is -2.25. The van der Waals surface area contributed by atoms with Gasteiger partial charge in [0.1, 0.15) is 5.41 Å². The number of benzene rings is 1. The van der Waals surface area contributed by atoms with Crippen LogP contribution in [-0.4, -0.2) is 36.4 Å². The van der Waals surface area contributed by atoms with Gasteiger partial charge in [-0.15, -0.1) is 0 Å². The highest BCUT2D eigenvalue weighted by molar-refractivity contribution is 9.10. The first kappa shape index (κ1) is 15.8. The number of carboxylic acids is 1. The van der Waals surface area contributed by atoms with Crippen molar-refractivity contribution < 1.29 is 19.4 Å². The molecule has 114 valence electrons. The van der Waals surface area contributed by atoms with Crippen molar-refractivity contribution in [2.75, 3.05) is 18.5 Å². The van der Waals surface area contributed by atoms with Crippen LogP contribution in [-0.2, 0) is 9.53 Å². The Morgan fingerprint density at radius 1 is 1.48 bits per heavy atom. The number of anilines is 1. The number of aryl methyl sites for hydroxylation is 1. The van der Waals surface area contributed by atoms with Gasteiger partial charge in [-0.05, 0) is 31.5 Å². The van der Waals surface area contributed by atoms with Crippen molar-refractivity contribution in [3.05, 3.63) is 28.2 Å². The van der Waals surface area contributed by atoms with Crippen LogP contribution < -0.4 is 10.6 Å². The number of hydrogen-bond donors (Lipinski definition) is 3. The average molecular weight is 357 g/mol. The number of nitrogens with one attached hydrogen (secondary N) is 2. The minimum atomic E-state index is -1.11. The first-order chi connectivity index (χ1) is 9.83. The van der Waals surface area contributed by atoms with Crippen LogP contribution in [0.15, 0.2) is 22.7 Å². The van der Waals surface area contributed by atoms with Gasteiger partial charge in [0.25, 0.3) is 0 Å². The largest absolute Gasteiger partial charge is 0.481 e. The molecule has 1 aliphatic rings. The van der Waals surface area contributed by atoms with Crippen molar-refractivity contribution in [3.63, 3.8) is 0 Å². The molecule has 1 fully saturated rings. The predicted molar refractivity (Wildman–Crippen MR) is 81.4 cm³/mol. The van der Waals surface area contributed by atoms with Crippen LogP contribution in [0.3, 0.4) is 0 Å². The molecule has 1 heterocycles. The second-order valence-corrected chi connectivity index (χ2v) is 6.21. The van der Waals surface area contributed by atoms with Gasteiger partial charge >= 0.3 is 12.0 Å². The third-order valence-corrected chi connectivity index (χ3v) is 4.53. The van der Waals surface area contributed by atoms with Crippen LogP contribution in [0, 0.1) is 12.3 Å². The fraction of sp³-hybridized carbons (Fsp3) is 0.429. The van der Waals surface area contributed by atoms with Crippen LogP contribution in [0.2, 0.25) is 0 Å². The summed E-state index contributed by atoms with van der Waals surface area (Å²) < 4.78 is 6.08. The highest BCUT2D eigenvalue weighted by Gasteiger charge is 2.47. The van der Waals surface area contributed by atoms with Gasteiger partial charge in [-0.3, -0.25) is 4.79 Å². The highest BCUT2D eigenvalue weighted by Crippen LogP contribution is 2.29. The Labute approximate surface area is 131 Å². The van der Waals surface area contributed by atoms with E-state index in [1.165, 1.54) is 0 Å². The molecule has 0 aromatic heterocycles. The molecule has 6 nitrogen and oxygen atoms in total. The molecule has 2 unspecified atom stereocenters. The maximum Gasteiger partial charge on any atom is 0.319 e. The Balaban J connectivity index is 2.01. The Bertz CT molecular complexity index is 578.